The average molecular weight is 207 g/mol. The highest BCUT2D eigenvalue weighted by Crippen LogP contribution is 2.17. The third-order valence-electron chi connectivity index (χ3n) is 1.83. The molecule has 0 aliphatic carbocycles. The van der Waals surface area contributed by atoms with Gasteiger partial charge in [0, 0.05) is 16.7 Å². The molecule has 0 spiro atoms. The lowest BCUT2D eigenvalue weighted by Gasteiger charge is -1.99. The summed E-state index contributed by atoms with van der Waals surface area (Å²) < 4.78 is 0.652. The number of hydrogen-bond donors (Lipinski definition) is 0. The SMILES string of the molecule is [O-][n+]1ccc(-c2ccc(Cl)cc2)nc1. The second-order valence-corrected chi connectivity index (χ2v) is 3.25. The summed E-state index contributed by atoms with van der Waals surface area (Å²) in [6.45, 7) is 0. The molecule has 0 aliphatic heterocycles. The van der Waals surface area contributed by atoms with E-state index in [9.17, 15) is 5.21 Å². The summed E-state index contributed by atoms with van der Waals surface area (Å²) >= 11 is 5.75. The van der Waals surface area contributed by atoms with Gasteiger partial charge < -0.3 is 5.21 Å². The highest BCUT2D eigenvalue weighted by molar-refractivity contribution is 6.30. The first-order valence-corrected chi connectivity index (χ1v) is 4.44. The minimum Gasteiger partial charge on any atom is -0.711 e. The lowest BCUT2D eigenvalue weighted by molar-refractivity contribution is -0.608. The summed E-state index contributed by atoms with van der Waals surface area (Å²) in [6.07, 6.45) is 2.64. The van der Waals surface area contributed by atoms with E-state index >= 15 is 0 Å². The summed E-state index contributed by atoms with van der Waals surface area (Å²) in [4.78, 5) is 3.99. The minimum absolute atomic E-state index is 0.652. The maximum Gasteiger partial charge on any atom is 0.289 e. The first-order chi connectivity index (χ1) is 6.75. The molecule has 2 aromatic rings. The van der Waals surface area contributed by atoms with Gasteiger partial charge in [-0.2, -0.15) is 0 Å². The third kappa shape index (κ3) is 1.83. The van der Waals surface area contributed by atoms with E-state index in [-0.39, 0.29) is 0 Å². The number of rotatable bonds is 1. The van der Waals surface area contributed by atoms with Gasteiger partial charge in [0.2, 0.25) is 0 Å². The van der Waals surface area contributed by atoms with E-state index in [1.165, 1.54) is 12.5 Å². The van der Waals surface area contributed by atoms with Crippen LogP contribution in [0.3, 0.4) is 0 Å². The molecule has 0 N–H and O–H groups in total. The number of hydrogen-bond acceptors (Lipinski definition) is 2. The molecular weight excluding hydrogens is 200 g/mol. The van der Waals surface area contributed by atoms with E-state index in [0.29, 0.717) is 9.75 Å². The van der Waals surface area contributed by atoms with E-state index in [2.05, 4.69) is 4.98 Å². The zero-order valence-corrected chi connectivity index (χ0v) is 7.98. The molecule has 3 nitrogen and oxygen atoms in total. The Morgan fingerprint density at radius 3 is 2.43 bits per heavy atom. The van der Waals surface area contributed by atoms with Crippen molar-refractivity contribution in [3.8, 4) is 11.3 Å². The number of halogens is 1. The van der Waals surface area contributed by atoms with E-state index in [1.54, 1.807) is 18.2 Å². The highest BCUT2D eigenvalue weighted by atomic mass is 35.5. The van der Waals surface area contributed by atoms with Gasteiger partial charge in [-0.15, -0.1) is 0 Å². The Morgan fingerprint density at radius 2 is 1.86 bits per heavy atom. The molecule has 4 heteroatoms. The standard InChI is InChI=1S/C10H7ClN2O/c11-9-3-1-8(2-4-9)10-5-6-13(14)7-12-10/h1-7H. The number of aromatic nitrogens is 2. The Labute approximate surface area is 86.2 Å². The van der Waals surface area contributed by atoms with Crippen molar-refractivity contribution in [1.82, 2.24) is 4.98 Å². The molecule has 14 heavy (non-hydrogen) atoms. The molecule has 0 unspecified atom stereocenters. The van der Waals surface area contributed by atoms with E-state index < -0.39 is 0 Å². The maximum absolute atomic E-state index is 10.7. The van der Waals surface area contributed by atoms with Gasteiger partial charge in [-0.25, -0.2) is 4.73 Å². The Balaban J connectivity index is 2.40. The van der Waals surface area contributed by atoms with Crippen molar-refractivity contribution in [3.63, 3.8) is 0 Å². The molecule has 0 saturated heterocycles. The minimum atomic E-state index is 0.652. The van der Waals surface area contributed by atoms with Crippen LogP contribution in [0.1, 0.15) is 0 Å². The molecule has 1 aromatic carbocycles. The molecule has 1 heterocycles. The van der Waals surface area contributed by atoms with Crippen molar-refractivity contribution in [2.24, 2.45) is 0 Å². The van der Waals surface area contributed by atoms with E-state index in [1.807, 2.05) is 12.1 Å². The van der Waals surface area contributed by atoms with Crippen LogP contribution < -0.4 is 4.73 Å². The Hall–Kier alpha value is -1.61. The lowest BCUT2D eigenvalue weighted by atomic mass is 10.1. The summed E-state index contributed by atoms with van der Waals surface area (Å²) in [5.74, 6) is 0. The first-order valence-electron chi connectivity index (χ1n) is 4.06. The van der Waals surface area contributed by atoms with Gasteiger partial charge in [-0.3, -0.25) is 0 Å². The van der Waals surface area contributed by atoms with Gasteiger partial charge in [0.25, 0.3) is 6.33 Å². The Morgan fingerprint density at radius 1 is 1.14 bits per heavy atom. The number of nitrogens with zero attached hydrogens (tertiary/aromatic N) is 2. The smallest absolute Gasteiger partial charge is 0.289 e. The summed E-state index contributed by atoms with van der Waals surface area (Å²) in [5, 5.41) is 11.4. The van der Waals surface area contributed by atoms with Gasteiger partial charge in [-0.05, 0) is 29.2 Å². The molecule has 0 atom stereocenters. The van der Waals surface area contributed by atoms with Crippen molar-refractivity contribution in [3.05, 3.63) is 53.1 Å². The second-order valence-electron chi connectivity index (χ2n) is 2.81. The normalized spacial score (nSPS) is 10.1. The van der Waals surface area contributed by atoms with Crippen molar-refractivity contribution in [1.29, 1.82) is 0 Å². The molecule has 0 amide bonds. The van der Waals surface area contributed by atoms with Crippen LogP contribution in [0.5, 0.6) is 0 Å². The fraction of sp³-hybridized carbons (Fsp3) is 0. The zero-order valence-electron chi connectivity index (χ0n) is 7.22. The van der Waals surface area contributed by atoms with Crippen molar-refractivity contribution < 1.29 is 4.73 Å². The molecule has 0 bridgehead atoms. The van der Waals surface area contributed by atoms with E-state index in [0.717, 1.165) is 11.3 Å². The van der Waals surface area contributed by atoms with Gasteiger partial charge >= 0.3 is 0 Å². The molecule has 0 radical (unpaired) electrons. The number of benzene rings is 1. The maximum atomic E-state index is 10.7. The van der Waals surface area contributed by atoms with Gasteiger partial charge in [-0.1, -0.05) is 11.6 Å². The predicted molar refractivity (Wildman–Crippen MR) is 53.6 cm³/mol. The predicted octanol–water partition coefficient (Wildman–Crippen LogP) is 2.04. The molecule has 2 rings (SSSR count). The van der Waals surface area contributed by atoms with Crippen LogP contribution in [0.2, 0.25) is 5.02 Å². The molecule has 0 saturated carbocycles. The first kappa shape index (κ1) is 8.97. The van der Waals surface area contributed by atoms with Crippen LogP contribution >= 0.6 is 11.6 Å². The average Bonchev–Trinajstić information content (AvgIpc) is 2.21. The Kier molecular flexibility index (Phi) is 2.33. The van der Waals surface area contributed by atoms with Crippen LogP contribution in [-0.2, 0) is 0 Å². The fourth-order valence-corrected chi connectivity index (χ4v) is 1.26. The summed E-state index contributed by atoms with van der Waals surface area (Å²) in [7, 11) is 0. The molecule has 70 valence electrons. The highest BCUT2D eigenvalue weighted by Gasteiger charge is 2.03. The molecule has 0 fully saturated rings. The van der Waals surface area contributed by atoms with Crippen molar-refractivity contribution in [2.45, 2.75) is 0 Å². The zero-order chi connectivity index (χ0) is 9.97. The van der Waals surface area contributed by atoms with Crippen molar-refractivity contribution in [2.75, 3.05) is 0 Å². The topological polar surface area (TPSA) is 39.8 Å². The van der Waals surface area contributed by atoms with Gasteiger partial charge in [0.15, 0.2) is 5.69 Å². The van der Waals surface area contributed by atoms with Crippen LogP contribution in [0.15, 0.2) is 42.9 Å². The van der Waals surface area contributed by atoms with E-state index in [4.69, 9.17) is 11.6 Å². The Bertz CT molecular complexity index is 381. The van der Waals surface area contributed by atoms with Gasteiger partial charge in [0.05, 0.1) is 6.20 Å². The quantitative estimate of drug-likeness (QED) is 0.529. The largest absolute Gasteiger partial charge is 0.711 e. The van der Waals surface area contributed by atoms with Crippen LogP contribution in [0.25, 0.3) is 11.3 Å². The summed E-state index contributed by atoms with van der Waals surface area (Å²) in [6, 6.07) is 8.96. The third-order valence-corrected chi connectivity index (χ3v) is 2.08. The van der Waals surface area contributed by atoms with Crippen LogP contribution in [0.4, 0.5) is 0 Å². The molecule has 1 aromatic heterocycles. The molecular formula is C10H7ClN2O. The second kappa shape index (κ2) is 3.64. The summed E-state index contributed by atoms with van der Waals surface area (Å²) in [5.41, 5.74) is 1.70. The van der Waals surface area contributed by atoms with Gasteiger partial charge in [0.1, 0.15) is 0 Å². The lowest BCUT2D eigenvalue weighted by Crippen LogP contribution is -2.24. The molecule has 0 aliphatic rings. The monoisotopic (exact) mass is 206 g/mol. The van der Waals surface area contributed by atoms with Crippen LogP contribution in [0, 0.1) is 5.21 Å². The fourth-order valence-electron chi connectivity index (χ4n) is 1.14. The van der Waals surface area contributed by atoms with Crippen molar-refractivity contribution >= 4 is 11.6 Å². The van der Waals surface area contributed by atoms with Crippen LogP contribution in [-0.4, -0.2) is 4.98 Å².